The number of amides is 1. The first-order valence-electron chi connectivity index (χ1n) is 11.1. The molecule has 0 saturated carbocycles. The molecule has 1 fully saturated rings. The predicted octanol–water partition coefficient (Wildman–Crippen LogP) is 1.51. The van der Waals surface area contributed by atoms with Crippen LogP contribution in [0.15, 0.2) is 52.3 Å². The molecule has 2 aromatic carbocycles. The van der Waals surface area contributed by atoms with Crippen molar-refractivity contribution in [2.24, 2.45) is 5.92 Å². The number of nitrogens with zero attached hydrogens (tertiary/aromatic N) is 1. The molecular formula is C23H31N3O7S2. The lowest BCUT2D eigenvalue weighted by Gasteiger charge is -2.31. The van der Waals surface area contributed by atoms with Crippen LogP contribution in [0.1, 0.15) is 18.4 Å². The molecule has 1 aliphatic heterocycles. The topological polar surface area (TPSA) is 131 Å². The van der Waals surface area contributed by atoms with Crippen molar-refractivity contribution in [3.8, 4) is 11.5 Å². The summed E-state index contributed by atoms with van der Waals surface area (Å²) in [5.74, 6) is -0.132. The SMILES string of the molecule is COc1ccc(S(=O)(=O)N2CCC[C@@H](C(=O)NCCNS(=O)(=O)c3ccc(C)cc3)C2)cc1OC. The van der Waals surface area contributed by atoms with Gasteiger partial charge in [0.15, 0.2) is 11.5 Å². The number of hydrogen-bond donors (Lipinski definition) is 2. The zero-order chi connectivity index (χ0) is 25.6. The van der Waals surface area contributed by atoms with Gasteiger partial charge in [0.2, 0.25) is 26.0 Å². The van der Waals surface area contributed by atoms with Crippen LogP contribution in [-0.2, 0) is 24.8 Å². The number of piperidine rings is 1. The Balaban J connectivity index is 1.56. The number of nitrogens with one attached hydrogen (secondary N) is 2. The Morgan fingerprint density at radius 3 is 2.29 bits per heavy atom. The Bertz CT molecular complexity index is 1250. The average molecular weight is 526 g/mol. The zero-order valence-electron chi connectivity index (χ0n) is 20.0. The molecule has 10 nitrogen and oxygen atoms in total. The fourth-order valence-corrected chi connectivity index (χ4v) is 6.39. The summed E-state index contributed by atoms with van der Waals surface area (Å²) in [5, 5.41) is 2.71. The molecule has 192 valence electrons. The Labute approximate surface area is 206 Å². The number of rotatable bonds is 10. The zero-order valence-corrected chi connectivity index (χ0v) is 21.6. The molecule has 0 radical (unpaired) electrons. The number of carbonyl (C=O) groups excluding carboxylic acids is 1. The lowest BCUT2D eigenvalue weighted by Crippen LogP contribution is -2.46. The standard InChI is InChI=1S/C23H31N3O7S2/c1-17-6-8-19(9-7-17)34(28,29)25-13-12-24-23(27)18-5-4-14-26(16-18)35(30,31)20-10-11-21(32-2)22(15-20)33-3/h6-11,15,18,25H,4-5,12-14,16H2,1-3H3,(H,24,27)/t18-/m1/s1. The van der Waals surface area contributed by atoms with Gasteiger partial charge in [0.25, 0.3) is 0 Å². The van der Waals surface area contributed by atoms with E-state index in [1.54, 1.807) is 12.1 Å². The van der Waals surface area contributed by atoms with Crippen LogP contribution in [0.3, 0.4) is 0 Å². The van der Waals surface area contributed by atoms with E-state index in [1.165, 1.54) is 48.9 Å². The Kier molecular flexibility index (Phi) is 8.75. The van der Waals surface area contributed by atoms with Gasteiger partial charge in [0.05, 0.1) is 29.9 Å². The van der Waals surface area contributed by atoms with Crippen LogP contribution in [0.5, 0.6) is 11.5 Å². The van der Waals surface area contributed by atoms with Crippen molar-refractivity contribution in [1.29, 1.82) is 0 Å². The molecule has 1 atom stereocenters. The van der Waals surface area contributed by atoms with Crippen LogP contribution in [0.25, 0.3) is 0 Å². The van der Waals surface area contributed by atoms with Crippen molar-refractivity contribution in [2.75, 3.05) is 40.4 Å². The molecule has 12 heteroatoms. The summed E-state index contributed by atoms with van der Waals surface area (Å²) in [5.41, 5.74) is 0.950. The van der Waals surface area contributed by atoms with E-state index in [4.69, 9.17) is 9.47 Å². The smallest absolute Gasteiger partial charge is 0.243 e. The second-order valence-electron chi connectivity index (χ2n) is 8.22. The van der Waals surface area contributed by atoms with Gasteiger partial charge in [-0.25, -0.2) is 21.6 Å². The lowest BCUT2D eigenvalue weighted by molar-refractivity contribution is -0.126. The van der Waals surface area contributed by atoms with Crippen molar-refractivity contribution < 1.29 is 31.1 Å². The first-order valence-corrected chi connectivity index (χ1v) is 14.1. The predicted molar refractivity (Wildman–Crippen MR) is 130 cm³/mol. The van der Waals surface area contributed by atoms with Gasteiger partial charge in [0.1, 0.15) is 0 Å². The van der Waals surface area contributed by atoms with E-state index in [1.807, 2.05) is 6.92 Å². The number of benzene rings is 2. The quantitative estimate of drug-likeness (QED) is 0.450. The summed E-state index contributed by atoms with van der Waals surface area (Å²) >= 11 is 0. The molecule has 35 heavy (non-hydrogen) atoms. The molecule has 1 saturated heterocycles. The minimum atomic E-state index is -3.84. The molecule has 0 aromatic heterocycles. The summed E-state index contributed by atoms with van der Waals surface area (Å²) in [6.45, 7) is 2.31. The summed E-state index contributed by atoms with van der Waals surface area (Å²) < 4.78 is 65.2. The van der Waals surface area contributed by atoms with Crippen LogP contribution in [0.2, 0.25) is 0 Å². The van der Waals surface area contributed by atoms with Crippen LogP contribution in [0.4, 0.5) is 0 Å². The first kappa shape index (κ1) is 26.9. The minimum absolute atomic E-state index is 0.0162. The van der Waals surface area contributed by atoms with Crippen molar-refractivity contribution in [1.82, 2.24) is 14.3 Å². The molecule has 1 aliphatic rings. The minimum Gasteiger partial charge on any atom is -0.493 e. The number of carbonyl (C=O) groups is 1. The maximum atomic E-state index is 13.2. The largest absolute Gasteiger partial charge is 0.493 e. The maximum Gasteiger partial charge on any atom is 0.243 e. The molecular weight excluding hydrogens is 494 g/mol. The van der Waals surface area contributed by atoms with Crippen molar-refractivity contribution in [3.63, 3.8) is 0 Å². The van der Waals surface area contributed by atoms with Crippen molar-refractivity contribution in [2.45, 2.75) is 29.6 Å². The van der Waals surface area contributed by atoms with Gasteiger partial charge < -0.3 is 14.8 Å². The molecule has 0 spiro atoms. The molecule has 1 heterocycles. The summed E-state index contributed by atoms with van der Waals surface area (Å²) in [6, 6.07) is 10.8. The number of hydrogen-bond acceptors (Lipinski definition) is 7. The second kappa shape index (κ2) is 11.4. The molecule has 1 amide bonds. The van der Waals surface area contributed by atoms with Crippen LogP contribution in [-0.4, -0.2) is 67.4 Å². The van der Waals surface area contributed by atoms with Crippen LogP contribution in [0, 0.1) is 12.8 Å². The van der Waals surface area contributed by atoms with Crippen molar-refractivity contribution >= 4 is 26.0 Å². The van der Waals surface area contributed by atoms with Gasteiger partial charge >= 0.3 is 0 Å². The molecule has 3 rings (SSSR count). The highest BCUT2D eigenvalue weighted by Gasteiger charge is 2.33. The number of sulfonamides is 2. The summed E-state index contributed by atoms with van der Waals surface area (Å²) in [7, 11) is -4.62. The maximum absolute atomic E-state index is 13.2. The Morgan fingerprint density at radius 1 is 0.971 bits per heavy atom. The normalized spacial score (nSPS) is 17.1. The highest BCUT2D eigenvalue weighted by molar-refractivity contribution is 7.89. The average Bonchev–Trinajstić information content (AvgIpc) is 2.86. The summed E-state index contributed by atoms with van der Waals surface area (Å²) in [4.78, 5) is 12.9. The molecule has 2 aromatic rings. The van der Waals surface area contributed by atoms with E-state index in [0.29, 0.717) is 30.9 Å². The Hall–Kier alpha value is -2.67. The van der Waals surface area contributed by atoms with Gasteiger partial charge in [0, 0.05) is 32.2 Å². The monoisotopic (exact) mass is 525 g/mol. The highest BCUT2D eigenvalue weighted by atomic mass is 32.2. The van der Waals surface area contributed by atoms with E-state index < -0.39 is 26.0 Å². The number of aryl methyl sites for hydroxylation is 1. The van der Waals surface area contributed by atoms with Crippen molar-refractivity contribution in [3.05, 3.63) is 48.0 Å². The third kappa shape index (κ3) is 6.51. The Morgan fingerprint density at radius 2 is 1.63 bits per heavy atom. The van der Waals surface area contributed by atoms with Gasteiger partial charge in [-0.15, -0.1) is 0 Å². The number of methoxy groups -OCH3 is 2. The van der Waals surface area contributed by atoms with Gasteiger partial charge in [-0.05, 0) is 44.0 Å². The molecule has 0 bridgehead atoms. The van der Waals surface area contributed by atoms with E-state index >= 15 is 0 Å². The summed E-state index contributed by atoms with van der Waals surface area (Å²) in [6.07, 6.45) is 1.07. The third-order valence-electron chi connectivity index (χ3n) is 5.80. The fraction of sp³-hybridized carbons (Fsp3) is 0.435. The second-order valence-corrected chi connectivity index (χ2v) is 11.9. The fourth-order valence-electron chi connectivity index (χ4n) is 3.82. The molecule has 0 aliphatic carbocycles. The molecule has 2 N–H and O–H groups in total. The van der Waals surface area contributed by atoms with Gasteiger partial charge in [-0.2, -0.15) is 4.31 Å². The lowest BCUT2D eigenvalue weighted by atomic mass is 9.99. The number of ether oxygens (including phenoxy) is 2. The van der Waals surface area contributed by atoms with Crippen LogP contribution < -0.4 is 19.5 Å². The van der Waals surface area contributed by atoms with Gasteiger partial charge in [-0.1, -0.05) is 17.7 Å². The first-order chi connectivity index (χ1) is 16.6. The third-order valence-corrected chi connectivity index (χ3v) is 9.13. The van der Waals surface area contributed by atoms with Gasteiger partial charge in [-0.3, -0.25) is 4.79 Å². The van der Waals surface area contributed by atoms with E-state index in [0.717, 1.165) is 5.56 Å². The van der Waals surface area contributed by atoms with Crippen LogP contribution >= 0.6 is 0 Å². The van der Waals surface area contributed by atoms with E-state index in [2.05, 4.69) is 10.0 Å². The highest BCUT2D eigenvalue weighted by Crippen LogP contribution is 2.32. The van der Waals surface area contributed by atoms with E-state index in [9.17, 15) is 21.6 Å². The molecule has 0 unspecified atom stereocenters. The van der Waals surface area contributed by atoms with E-state index in [-0.39, 0.29) is 35.3 Å².